The van der Waals surface area contributed by atoms with Crippen LogP contribution in [-0.2, 0) is 4.79 Å². The summed E-state index contributed by atoms with van der Waals surface area (Å²) in [5.74, 6) is -1.69. The number of aliphatic hydroxyl groups excluding tert-OH is 1. The largest absolute Gasteiger partial charge is 0.503 e. The van der Waals surface area contributed by atoms with Crippen LogP contribution in [0.15, 0.2) is 60.0 Å². The summed E-state index contributed by atoms with van der Waals surface area (Å²) in [6.45, 7) is 3.53. The van der Waals surface area contributed by atoms with Crippen LogP contribution < -0.4 is 4.90 Å². The van der Waals surface area contributed by atoms with E-state index in [2.05, 4.69) is 9.97 Å². The Balaban J connectivity index is 1.90. The molecular formula is C21H16ClN3O3S. The zero-order valence-electron chi connectivity index (χ0n) is 15.6. The first-order valence-corrected chi connectivity index (χ1v) is 10.00. The van der Waals surface area contributed by atoms with E-state index in [0.717, 1.165) is 5.01 Å². The molecule has 6 nitrogen and oxygen atoms in total. The molecule has 0 spiro atoms. The number of halogens is 1. The molecule has 29 heavy (non-hydrogen) atoms. The molecule has 1 aliphatic heterocycles. The Labute approximate surface area is 176 Å². The van der Waals surface area contributed by atoms with Gasteiger partial charge in [-0.3, -0.25) is 19.5 Å². The van der Waals surface area contributed by atoms with Crippen LogP contribution in [0.2, 0.25) is 5.02 Å². The molecule has 3 heterocycles. The predicted molar refractivity (Wildman–Crippen MR) is 111 cm³/mol. The Bertz CT molecular complexity index is 1160. The minimum atomic E-state index is -0.878. The predicted octanol–water partition coefficient (Wildman–Crippen LogP) is 4.59. The summed E-state index contributed by atoms with van der Waals surface area (Å²) in [6.07, 6.45) is 1.58. The summed E-state index contributed by atoms with van der Waals surface area (Å²) in [5.41, 5.74) is 1.48. The van der Waals surface area contributed by atoms with E-state index in [1.165, 1.54) is 16.2 Å². The van der Waals surface area contributed by atoms with E-state index in [1.807, 2.05) is 0 Å². The number of amides is 1. The maximum atomic E-state index is 13.4. The van der Waals surface area contributed by atoms with E-state index in [-0.39, 0.29) is 5.57 Å². The first-order valence-electron chi connectivity index (χ1n) is 8.80. The van der Waals surface area contributed by atoms with Crippen molar-refractivity contribution in [2.45, 2.75) is 19.9 Å². The molecule has 0 saturated carbocycles. The molecule has 0 saturated heterocycles. The number of hydrogen-bond donors (Lipinski definition) is 1. The van der Waals surface area contributed by atoms with Gasteiger partial charge in [0.15, 0.2) is 5.76 Å². The van der Waals surface area contributed by atoms with Crippen molar-refractivity contribution < 1.29 is 14.7 Å². The number of hydrogen-bond acceptors (Lipinski definition) is 6. The van der Waals surface area contributed by atoms with E-state index >= 15 is 0 Å². The fraction of sp³-hybridized carbons (Fsp3) is 0.143. The lowest BCUT2D eigenvalue weighted by Crippen LogP contribution is -2.31. The highest BCUT2D eigenvalue weighted by atomic mass is 35.5. The summed E-state index contributed by atoms with van der Waals surface area (Å²) >= 11 is 7.35. The van der Waals surface area contributed by atoms with Crippen molar-refractivity contribution in [2.24, 2.45) is 0 Å². The van der Waals surface area contributed by atoms with Crippen LogP contribution in [0.5, 0.6) is 0 Å². The number of carbonyl (C=O) groups is 2. The molecule has 1 amide bonds. The molecule has 0 bridgehead atoms. The zero-order chi connectivity index (χ0) is 20.7. The SMILES string of the molecule is Cc1nc(C)c(C(=O)C2=C(O)C(=O)N(c3cccc(Cl)c3)C2c2ccccn2)s1. The number of aromatic nitrogens is 2. The molecule has 2 aromatic heterocycles. The molecule has 1 N–H and O–H groups in total. The Morgan fingerprint density at radius 2 is 2.00 bits per heavy atom. The molecular weight excluding hydrogens is 410 g/mol. The fourth-order valence-corrected chi connectivity index (χ4v) is 4.47. The molecule has 3 aromatic rings. The lowest BCUT2D eigenvalue weighted by atomic mass is 9.98. The average molecular weight is 426 g/mol. The van der Waals surface area contributed by atoms with Crippen LogP contribution in [0.1, 0.15) is 32.1 Å². The standard InChI is InChI=1S/C21H16ClN3O3S/c1-11-20(29-12(2)24-11)18(26)16-17(15-8-3-4-9-23-15)25(21(28)19(16)27)14-7-5-6-13(22)10-14/h3-10,17,27H,1-2H3. The number of aryl methyl sites for hydroxylation is 2. The van der Waals surface area contributed by atoms with Crippen molar-refractivity contribution in [3.05, 3.63) is 86.3 Å². The molecule has 1 aromatic carbocycles. The molecule has 1 aliphatic rings. The highest BCUT2D eigenvalue weighted by Gasteiger charge is 2.46. The number of ketones is 1. The van der Waals surface area contributed by atoms with Gasteiger partial charge in [0.2, 0.25) is 5.78 Å². The highest BCUT2D eigenvalue weighted by Crippen LogP contribution is 2.42. The molecule has 1 atom stereocenters. The van der Waals surface area contributed by atoms with Crippen LogP contribution in [0.3, 0.4) is 0 Å². The highest BCUT2D eigenvalue weighted by molar-refractivity contribution is 7.14. The number of pyridine rings is 1. The van der Waals surface area contributed by atoms with E-state index in [9.17, 15) is 14.7 Å². The Kier molecular flexibility index (Phi) is 4.94. The topological polar surface area (TPSA) is 83.4 Å². The summed E-state index contributed by atoms with van der Waals surface area (Å²) in [5, 5.41) is 11.9. The molecule has 0 radical (unpaired) electrons. The van der Waals surface area contributed by atoms with Gasteiger partial charge in [-0.2, -0.15) is 0 Å². The van der Waals surface area contributed by atoms with E-state index in [1.54, 1.807) is 62.5 Å². The van der Waals surface area contributed by atoms with Gasteiger partial charge in [0, 0.05) is 16.9 Å². The van der Waals surface area contributed by atoms with Crippen molar-refractivity contribution in [1.82, 2.24) is 9.97 Å². The fourth-order valence-electron chi connectivity index (χ4n) is 3.41. The average Bonchev–Trinajstić information content (AvgIpc) is 3.18. The van der Waals surface area contributed by atoms with Crippen molar-refractivity contribution in [3.8, 4) is 0 Å². The quantitative estimate of drug-likeness (QED) is 0.618. The van der Waals surface area contributed by atoms with Gasteiger partial charge in [-0.05, 0) is 44.2 Å². The number of carbonyl (C=O) groups excluding carboxylic acids is 2. The van der Waals surface area contributed by atoms with Gasteiger partial charge < -0.3 is 5.11 Å². The molecule has 8 heteroatoms. The van der Waals surface area contributed by atoms with Gasteiger partial charge in [-0.1, -0.05) is 23.7 Å². The summed E-state index contributed by atoms with van der Waals surface area (Å²) in [7, 11) is 0. The Morgan fingerprint density at radius 3 is 2.62 bits per heavy atom. The number of anilines is 1. The van der Waals surface area contributed by atoms with E-state index in [4.69, 9.17) is 11.6 Å². The second-order valence-electron chi connectivity index (χ2n) is 6.55. The Morgan fingerprint density at radius 1 is 1.21 bits per heavy atom. The summed E-state index contributed by atoms with van der Waals surface area (Å²) < 4.78 is 0. The van der Waals surface area contributed by atoms with Gasteiger partial charge in [-0.25, -0.2) is 4.98 Å². The number of Topliss-reactive ketones (excluding diaryl/α,β-unsaturated/α-hetero) is 1. The van der Waals surface area contributed by atoms with Gasteiger partial charge >= 0.3 is 0 Å². The number of benzene rings is 1. The van der Waals surface area contributed by atoms with Crippen LogP contribution in [0, 0.1) is 13.8 Å². The number of aliphatic hydroxyl groups is 1. The minimum absolute atomic E-state index is 0.0135. The van der Waals surface area contributed by atoms with E-state index in [0.29, 0.717) is 27.0 Å². The van der Waals surface area contributed by atoms with Crippen LogP contribution in [-0.4, -0.2) is 26.8 Å². The molecule has 0 aliphatic carbocycles. The maximum absolute atomic E-state index is 13.4. The van der Waals surface area contributed by atoms with Crippen LogP contribution >= 0.6 is 22.9 Å². The van der Waals surface area contributed by atoms with E-state index < -0.39 is 23.5 Å². The summed E-state index contributed by atoms with van der Waals surface area (Å²) in [6, 6.07) is 11.0. The van der Waals surface area contributed by atoms with Gasteiger partial charge in [0.1, 0.15) is 6.04 Å². The number of rotatable bonds is 4. The molecule has 146 valence electrons. The van der Waals surface area contributed by atoms with Gasteiger partial charge in [0.05, 0.1) is 26.8 Å². The zero-order valence-corrected chi connectivity index (χ0v) is 17.2. The minimum Gasteiger partial charge on any atom is -0.503 e. The second kappa shape index (κ2) is 7.42. The van der Waals surface area contributed by atoms with Crippen molar-refractivity contribution >= 4 is 40.3 Å². The van der Waals surface area contributed by atoms with Crippen LogP contribution in [0.4, 0.5) is 5.69 Å². The maximum Gasteiger partial charge on any atom is 0.294 e. The first kappa shape index (κ1) is 19.3. The monoisotopic (exact) mass is 425 g/mol. The lowest BCUT2D eigenvalue weighted by molar-refractivity contribution is -0.117. The smallest absolute Gasteiger partial charge is 0.294 e. The van der Waals surface area contributed by atoms with Gasteiger partial charge in [0.25, 0.3) is 5.91 Å². The third kappa shape index (κ3) is 3.32. The molecule has 4 rings (SSSR count). The van der Waals surface area contributed by atoms with Gasteiger partial charge in [-0.15, -0.1) is 11.3 Å². The Hall–Kier alpha value is -3.03. The van der Waals surface area contributed by atoms with Crippen molar-refractivity contribution in [1.29, 1.82) is 0 Å². The second-order valence-corrected chi connectivity index (χ2v) is 8.19. The summed E-state index contributed by atoms with van der Waals surface area (Å²) in [4.78, 5) is 36.8. The lowest BCUT2D eigenvalue weighted by Gasteiger charge is -2.26. The normalized spacial score (nSPS) is 16.6. The third-order valence-corrected chi connectivity index (χ3v) is 5.92. The molecule has 1 unspecified atom stereocenters. The van der Waals surface area contributed by atoms with Crippen molar-refractivity contribution in [2.75, 3.05) is 4.90 Å². The number of nitrogens with zero attached hydrogens (tertiary/aromatic N) is 3. The van der Waals surface area contributed by atoms with Crippen LogP contribution in [0.25, 0.3) is 0 Å². The van der Waals surface area contributed by atoms with Crippen molar-refractivity contribution in [3.63, 3.8) is 0 Å². The third-order valence-electron chi connectivity index (χ3n) is 4.62. The first-order chi connectivity index (χ1) is 13.9. The number of thiazole rings is 1. The molecule has 0 fully saturated rings.